The van der Waals surface area contributed by atoms with Crippen molar-refractivity contribution in [1.82, 2.24) is 20.0 Å². The Kier molecular flexibility index (Phi) is 3.77. The molecule has 2 aromatic heterocycles. The third-order valence-corrected chi connectivity index (χ3v) is 4.16. The highest BCUT2D eigenvalue weighted by atomic mass is 16.1. The standard InChI is InChI=1S/C15H20N5O/c1-10-12(9-16-20(10)2)7-15(21)17-14-8-13(18-19-14)11-5-3-4-6-11/h3,8-9,11H,4-7H2,1-2H3,(H2,17,18,19,21)/t11-/m0/s1. The number of anilines is 1. The molecule has 0 saturated heterocycles. The van der Waals surface area contributed by atoms with Crippen LogP contribution in [0.25, 0.3) is 0 Å². The molecule has 6 heteroatoms. The first kappa shape index (κ1) is 13.9. The normalized spacial score (nSPS) is 15.5. The second-order valence-corrected chi connectivity index (χ2v) is 5.61. The highest BCUT2D eigenvalue weighted by molar-refractivity contribution is 5.91. The van der Waals surface area contributed by atoms with Gasteiger partial charge in [0, 0.05) is 36.0 Å². The van der Waals surface area contributed by atoms with Crippen molar-refractivity contribution < 1.29 is 4.79 Å². The van der Waals surface area contributed by atoms with Crippen LogP contribution in [0.2, 0.25) is 0 Å². The number of amides is 1. The Morgan fingerprint density at radius 1 is 1.57 bits per heavy atom. The van der Waals surface area contributed by atoms with Gasteiger partial charge in [0.15, 0.2) is 5.82 Å². The van der Waals surface area contributed by atoms with Gasteiger partial charge in [-0.3, -0.25) is 14.6 Å². The van der Waals surface area contributed by atoms with Gasteiger partial charge in [0.2, 0.25) is 5.91 Å². The largest absolute Gasteiger partial charge is 0.309 e. The summed E-state index contributed by atoms with van der Waals surface area (Å²) in [5.74, 6) is 1.05. The summed E-state index contributed by atoms with van der Waals surface area (Å²) in [6, 6.07) is 1.94. The molecule has 1 saturated carbocycles. The Morgan fingerprint density at radius 3 is 3.10 bits per heavy atom. The second-order valence-electron chi connectivity index (χ2n) is 5.61. The molecule has 0 aliphatic heterocycles. The van der Waals surface area contributed by atoms with Crippen LogP contribution in [0.5, 0.6) is 0 Å². The van der Waals surface area contributed by atoms with Crippen LogP contribution >= 0.6 is 0 Å². The van der Waals surface area contributed by atoms with Crippen LogP contribution < -0.4 is 5.32 Å². The minimum Gasteiger partial charge on any atom is -0.309 e. The molecule has 111 valence electrons. The first-order chi connectivity index (χ1) is 10.1. The molecule has 2 heterocycles. The molecule has 1 fully saturated rings. The summed E-state index contributed by atoms with van der Waals surface area (Å²) < 4.78 is 1.77. The van der Waals surface area contributed by atoms with Gasteiger partial charge in [-0.25, -0.2) is 0 Å². The Hall–Kier alpha value is -2.11. The van der Waals surface area contributed by atoms with Gasteiger partial charge in [0.25, 0.3) is 0 Å². The van der Waals surface area contributed by atoms with Crippen molar-refractivity contribution in [2.75, 3.05) is 5.32 Å². The zero-order valence-corrected chi connectivity index (χ0v) is 12.4. The summed E-state index contributed by atoms with van der Waals surface area (Å²) in [4.78, 5) is 12.1. The van der Waals surface area contributed by atoms with Crippen molar-refractivity contribution in [3.05, 3.63) is 35.6 Å². The first-order valence-electron chi connectivity index (χ1n) is 7.28. The molecule has 6 nitrogen and oxygen atoms in total. The van der Waals surface area contributed by atoms with Gasteiger partial charge in [0.1, 0.15) is 0 Å². The van der Waals surface area contributed by atoms with Crippen LogP contribution in [0.4, 0.5) is 5.82 Å². The Labute approximate surface area is 123 Å². The molecule has 0 spiro atoms. The van der Waals surface area contributed by atoms with E-state index in [1.807, 2.05) is 20.0 Å². The molecule has 1 aliphatic carbocycles. The number of H-pyrrole nitrogens is 1. The van der Waals surface area contributed by atoms with E-state index in [1.165, 1.54) is 0 Å². The Balaban J connectivity index is 1.61. The number of rotatable bonds is 4. The molecule has 1 radical (unpaired) electrons. The fraction of sp³-hybridized carbons (Fsp3) is 0.467. The van der Waals surface area contributed by atoms with Crippen molar-refractivity contribution in [2.24, 2.45) is 7.05 Å². The summed E-state index contributed by atoms with van der Waals surface area (Å²) in [6.07, 6.45) is 7.76. The molecular weight excluding hydrogens is 266 g/mol. The second kappa shape index (κ2) is 5.71. The van der Waals surface area contributed by atoms with E-state index in [0.29, 0.717) is 18.2 Å². The highest BCUT2D eigenvalue weighted by Crippen LogP contribution is 2.32. The summed E-state index contributed by atoms with van der Waals surface area (Å²) in [7, 11) is 1.87. The van der Waals surface area contributed by atoms with E-state index in [2.05, 4.69) is 27.0 Å². The molecule has 1 amide bonds. The topological polar surface area (TPSA) is 75.6 Å². The molecular formula is C15H20N5O. The minimum absolute atomic E-state index is 0.0675. The van der Waals surface area contributed by atoms with Crippen molar-refractivity contribution in [3.63, 3.8) is 0 Å². The van der Waals surface area contributed by atoms with Crippen LogP contribution in [0.15, 0.2) is 12.3 Å². The van der Waals surface area contributed by atoms with E-state index in [0.717, 1.165) is 36.2 Å². The average molecular weight is 286 g/mol. The molecule has 0 aromatic carbocycles. The summed E-state index contributed by atoms with van der Waals surface area (Å²) >= 11 is 0. The monoisotopic (exact) mass is 286 g/mol. The lowest BCUT2D eigenvalue weighted by atomic mass is 10.0. The minimum atomic E-state index is -0.0675. The number of nitrogens with zero attached hydrogens (tertiary/aromatic N) is 3. The molecule has 21 heavy (non-hydrogen) atoms. The number of carbonyl (C=O) groups is 1. The lowest BCUT2D eigenvalue weighted by Crippen LogP contribution is -2.15. The van der Waals surface area contributed by atoms with Gasteiger partial charge in [-0.15, -0.1) is 0 Å². The third kappa shape index (κ3) is 2.99. The number of hydrogen-bond donors (Lipinski definition) is 2. The van der Waals surface area contributed by atoms with Crippen molar-refractivity contribution >= 4 is 11.7 Å². The van der Waals surface area contributed by atoms with Crippen LogP contribution in [0, 0.1) is 13.3 Å². The van der Waals surface area contributed by atoms with Gasteiger partial charge in [-0.05, 0) is 32.6 Å². The third-order valence-electron chi connectivity index (χ3n) is 4.16. The molecule has 2 N–H and O–H groups in total. The van der Waals surface area contributed by atoms with Gasteiger partial charge < -0.3 is 5.32 Å². The molecule has 0 bridgehead atoms. The van der Waals surface area contributed by atoms with Crippen molar-refractivity contribution in [1.29, 1.82) is 0 Å². The molecule has 3 rings (SSSR count). The van der Waals surface area contributed by atoms with Crippen LogP contribution in [-0.4, -0.2) is 25.9 Å². The van der Waals surface area contributed by atoms with Crippen LogP contribution in [0.1, 0.15) is 42.1 Å². The Bertz CT molecular complexity index is 636. The van der Waals surface area contributed by atoms with Gasteiger partial charge in [0.05, 0.1) is 12.6 Å². The van der Waals surface area contributed by atoms with Crippen molar-refractivity contribution in [3.8, 4) is 0 Å². The molecule has 1 atom stereocenters. The molecule has 2 aromatic rings. The lowest BCUT2D eigenvalue weighted by molar-refractivity contribution is -0.115. The van der Waals surface area contributed by atoms with Crippen LogP contribution in [-0.2, 0) is 18.3 Å². The number of nitrogens with one attached hydrogen (secondary N) is 2. The maximum absolute atomic E-state index is 12.1. The number of aromatic nitrogens is 4. The number of aromatic amines is 1. The van der Waals surface area contributed by atoms with E-state index < -0.39 is 0 Å². The maximum Gasteiger partial charge on any atom is 0.230 e. The lowest BCUT2D eigenvalue weighted by Gasteiger charge is -2.03. The zero-order valence-electron chi connectivity index (χ0n) is 12.4. The number of hydrogen-bond acceptors (Lipinski definition) is 3. The first-order valence-corrected chi connectivity index (χ1v) is 7.28. The predicted octanol–water partition coefficient (Wildman–Crippen LogP) is 2.10. The molecule has 1 aliphatic rings. The highest BCUT2D eigenvalue weighted by Gasteiger charge is 2.20. The number of aryl methyl sites for hydroxylation is 1. The van der Waals surface area contributed by atoms with Gasteiger partial charge in [-0.1, -0.05) is 0 Å². The fourth-order valence-electron chi connectivity index (χ4n) is 2.73. The quantitative estimate of drug-likeness (QED) is 0.903. The summed E-state index contributed by atoms with van der Waals surface area (Å²) in [5, 5.41) is 14.2. The van der Waals surface area contributed by atoms with Gasteiger partial charge >= 0.3 is 0 Å². The van der Waals surface area contributed by atoms with Crippen molar-refractivity contribution in [2.45, 2.75) is 38.5 Å². The zero-order chi connectivity index (χ0) is 14.8. The van der Waals surface area contributed by atoms with Gasteiger partial charge in [-0.2, -0.15) is 10.2 Å². The fourth-order valence-corrected chi connectivity index (χ4v) is 2.73. The number of carbonyl (C=O) groups excluding carboxylic acids is 1. The Morgan fingerprint density at radius 2 is 2.43 bits per heavy atom. The van der Waals surface area contributed by atoms with E-state index in [9.17, 15) is 4.79 Å². The smallest absolute Gasteiger partial charge is 0.230 e. The maximum atomic E-state index is 12.1. The van der Waals surface area contributed by atoms with E-state index in [-0.39, 0.29) is 5.91 Å². The van der Waals surface area contributed by atoms with E-state index in [1.54, 1.807) is 10.9 Å². The summed E-state index contributed by atoms with van der Waals surface area (Å²) in [6.45, 7) is 1.96. The van der Waals surface area contributed by atoms with E-state index in [4.69, 9.17) is 0 Å². The predicted molar refractivity (Wildman–Crippen MR) is 79.8 cm³/mol. The average Bonchev–Trinajstić information content (AvgIpc) is 3.16. The molecule has 0 unspecified atom stereocenters. The van der Waals surface area contributed by atoms with Crippen LogP contribution in [0.3, 0.4) is 0 Å². The SMILES string of the molecule is Cc1c(CC(=O)Nc2cc([C@H]3C[CH]CC3)[nH]n2)cnn1C. The van der Waals surface area contributed by atoms with E-state index >= 15 is 0 Å². The summed E-state index contributed by atoms with van der Waals surface area (Å²) in [5.41, 5.74) is 3.06.